The molecule has 0 bridgehead atoms. The van der Waals surface area contributed by atoms with Gasteiger partial charge in [-0.1, -0.05) is 17.8 Å². The van der Waals surface area contributed by atoms with Crippen molar-refractivity contribution in [2.45, 2.75) is 11.7 Å². The van der Waals surface area contributed by atoms with Gasteiger partial charge in [-0.3, -0.25) is 14.4 Å². The Morgan fingerprint density at radius 2 is 2.15 bits per heavy atom. The number of nitrogens with two attached hydrogens (primary N) is 2. The van der Waals surface area contributed by atoms with Crippen LogP contribution in [0.25, 0.3) is 0 Å². The Balaban J connectivity index is 1.97. The second kappa shape index (κ2) is 5.74. The number of carbonyl (C=O) groups excluding carboxylic acids is 3. The number of nitrogens with zero attached hydrogens (tertiary/aromatic N) is 1. The van der Waals surface area contributed by atoms with Crippen molar-refractivity contribution >= 4 is 40.3 Å². The summed E-state index contributed by atoms with van der Waals surface area (Å²) in [7, 11) is 0. The minimum atomic E-state index is -0.589. The third-order valence-corrected chi connectivity index (χ3v) is 3.55. The zero-order valence-corrected chi connectivity index (χ0v) is 11.1. The molecule has 0 saturated carbocycles. The van der Waals surface area contributed by atoms with Gasteiger partial charge in [-0.2, -0.15) is 4.99 Å². The summed E-state index contributed by atoms with van der Waals surface area (Å²) < 4.78 is 0. The van der Waals surface area contributed by atoms with Crippen LogP contribution in [0.1, 0.15) is 16.8 Å². The number of nitrogens with one attached hydrogen (secondary N) is 1. The van der Waals surface area contributed by atoms with Crippen molar-refractivity contribution in [1.82, 2.24) is 0 Å². The molecule has 1 aromatic carbocycles. The van der Waals surface area contributed by atoms with Gasteiger partial charge in [0.2, 0.25) is 11.8 Å². The summed E-state index contributed by atoms with van der Waals surface area (Å²) in [5.74, 6) is -1.35. The minimum absolute atomic E-state index is 0.0332. The molecule has 20 heavy (non-hydrogen) atoms. The molecule has 8 heteroatoms. The number of carbonyl (C=O) groups is 3. The van der Waals surface area contributed by atoms with E-state index in [-0.39, 0.29) is 17.5 Å². The quantitative estimate of drug-likeness (QED) is 0.723. The third kappa shape index (κ3) is 3.35. The lowest BCUT2D eigenvalue weighted by Gasteiger charge is -2.08. The Kier molecular flexibility index (Phi) is 4.04. The Morgan fingerprint density at radius 3 is 2.75 bits per heavy atom. The molecule has 1 aliphatic rings. The molecule has 1 aromatic rings. The van der Waals surface area contributed by atoms with Crippen molar-refractivity contribution in [3.63, 3.8) is 0 Å². The third-order valence-electron chi connectivity index (χ3n) is 2.56. The summed E-state index contributed by atoms with van der Waals surface area (Å²) in [5.41, 5.74) is 11.3. The van der Waals surface area contributed by atoms with Gasteiger partial charge in [0.1, 0.15) is 5.25 Å². The number of primary amides is 1. The fraction of sp³-hybridized carbons (Fsp3) is 0.167. The van der Waals surface area contributed by atoms with Crippen LogP contribution in [-0.4, -0.2) is 28.1 Å². The number of benzene rings is 1. The summed E-state index contributed by atoms with van der Waals surface area (Å²) in [6, 6.07) is 6.24. The van der Waals surface area contributed by atoms with Crippen LogP contribution in [-0.2, 0) is 9.59 Å². The lowest BCUT2D eigenvalue weighted by molar-refractivity contribution is -0.121. The summed E-state index contributed by atoms with van der Waals surface area (Å²) in [6.45, 7) is 0. The van der Waals surface area contributed by atoms with E-state index in [1.54, 1.807) is 18.2 Å². The summed E-state index contributed by atoms with van der Waals surface area (Å²) in [6.07, 6.45) is -0.0332. The maximum atomic E-state index is 11.8. The Bertz CT molecular complexity index is 614. The van der Waals surface area contributed by atoms with E-state index in [2.05, 4.69) is 10.3 Å². The van der Waals surface area contributed by atoms with Gasteiger partial charge in [-0.15, -0.1) is 0 Å². The SMILES string of the molecule is NC(=O)c1cccc(NC(=O)CC2SC(N)=NC2=O)c1. The van der Waals surface area contributed by atoms with Crippen molar-refractivity contribution in [1.29, 1.82) is 0 Å². The van der Waals surface area contributed by atoms with Crippen LogP contribution >= 0.6 is 11.8 Å². The van der Waals surface area contributed by atoms with Gasteiger partial charge in [-0.25, -0.2) is 0 Å². The molecule has 5 N–H and O–H groups in total. The van der Waals surface area contributed by atoms with Gasteiger partial charge in [0.15, 0.2) is 5.17 Å². The highest BCUT2D eigenvalue weighted by Crippen LogP contribution is 2.23. The Morgan fingerprint density at radius 1 is 1.40 bits per heavy atom. The van der Waals surface area contributed by atoms with Crippen molar-refractivity contribution in [3.8, 4) is 0 Å². The van der Waals surface area contributed by atoms with E-state index in [9.17, 15) is 14.4 Å². The first kappa shape index (κ1) is 14.1. The Hall–Kier alpha value is -2.35. The Labute approximate surface area is 118 Å². The van der Waals surface area contributed by atoms with E-state index < -0.39 is 17.1 Å². The molecule has 0 aromatic heterocycles. The van der Waals surface area contributed by atoms with Crippen LogP contribution < -0.4 is 16.8 Å². The molecular formula is C12H12N4O3S. The molecule has 0 fully saturated rings. The van der Waals surface area contributed by atoms with Crippen LogP contribution in [0.4, 0.5) is 5.69 Å². The summed E-state index contributed by atoms with van der Waals surface area (Å²) in [4.78, 5) is 37.8. The highest BCUT2D eigenvalue weighted by molar-refractivity contribution is 8.15. The van der Waals surface area contributed by atoms with Crippen LogP contribution in [0, 0.1) is 0 Å². The van der Waals surface area contributed by atoms with Crippen LogP contribution in [0.15, 0.2) is 29.3 Å². The van der Waals surface area contributed by atoms with Gasteiger partial charge in [0, 0.05) is 17.7 Å². The van der Waals surface area contributed by atoms with Crippen LogP contribution in [0.3, 0.4) is 0 Å². The van der Waals surface area contributed by atoms with Crippen LogP contribution in [0.2, 0.25) is 0 Å². The highest BCUT2D eigenvalue weighted by atomic mass is 32.2. The fourth-order valence-electron chi connectivity index (χ4n) is 1.66. The maximum Gasteiger partial charge on any atom is 0.262 e. The zero-order valence-electron chi connectivity index (χ0n) is 10.3. The number of hydrogen-bond acceptors (Lipinski definition) is 5. The van der Waals surface area contributed by atoms with Gasteiger partial charge in [0.05, 0.1) is 0 Å². The van der Waals surface area contributed by atoms with E-state index in [4.69, 9.17) is 11.5 Å². The van der Waals surface area contributed by atoms with E-state index in [1.807, 2.05) is 0 Å². The number of amidine groups is 1. The van der Waals surface area contributed by atoms with Gasteiger partial charge < -0.3 is 16.8 Å². The molecule has 0 spiro atoms. The molecule has 3 amide bonds. The largest absolute Gasteiger partial charge is 0.378 e. The van der Waals surface area contributed by atoms with Crippen LogP contribution in [0.5, 0.6) is 0 Å². The van der Waals surface area contributed by atoms with Crippen molar-refractivity contribution < 1.29 is 14.4 Å². The maximum absolute atomic E-state index is 11.8. The number of hydrogen-bond donors (Lipinski definition) is 3. The van der Waals surface area contributed by atoms with E-state index in [1.165, 1.54) is 6.07 Å². The number of amides is 3. The fourth-order valence-corrected chi connectivity index (χ4v) is 2.49. The molecule has 0 aliphatic carbocycles. The molecule has 1 heterocycles. The number of thioether (sulfide) groups is 1. The molecule has 104 valence electrons. The summed E-state index contributed by atoms with van der Waals surface area (Å²) in [5, 5.41) is 2.18. The normalized spacial score (nSPS) is 17.7. The van der Waals surface area contributed by atoms with Crippen molar-refractivity contribution in [2.75, 3.05) is 5.32 Å². The number of rotatable bonds is 4. The molecule has 1 atom stereocenters. The molecule has 2 rings (SSSR count). The molecule has 0 radical (unpaired) electrons. The molecule has 1 unspecified atom stereocenters. The lowest BCUT2D eigenvalue weighted by Crippen LogP contribution is -2.22. The first-order valence-corrected chi connectivity index (χ1v) is 6.58. The molecule has 1 aliphatic heterocycles. The number of anilines is 1. The predicted molar refractivity (Wildman–Crippen MR) is 76.2 cm³/mol. The van der Waals surface area contributed by atoms with Gasteiger partial charge in [0.25, 0.3) is 5.91 Å². The second-order valence-corrected chi connectivity index (χ2v) is 5.32. The zero-order chi connectivity index (χ0) is 14.7. The minimum Gasteiger partial charge on any atom is -0.378 e. The average molecular weight is 292 g/mol. The average Bonchev–Trinajstić information content (AvgIpc) is 2.67. The van der Waals surface area contributed by atoms with E-state index in [0.29, 0.717) is 11.3 Å². The van der Waals surface area contributed by atoms with E-state index >= 15 is 0 Å². The topological polar surface area (TPSA) is 128 Å². The van der Waals surface area contributed by atoms with Crippen molar-refractivity contribution in [2.24, 2.45) is 16.5 Å². The highest BCUT2D eigenvalue weighted by Gasteiger charge is 2.29. The molecule has 7 nitrogen and oxygen atoms in total. The standard InChI is InChI=1S/C12H12N4O3S/c13-10(18)6-2-1-3-7(4-6)15-9(17)5-8-11(19)16-12(14)20-8/h1-4,8H,5H2,(H2,13,18)(H,15,17)(H2,14,16,19). The van der Waals surface area contributed by atoms with Gasteiger partial charge >= 0.3 is 0 Å². The first-order chi connectivity index (χ1) is 9.45. The van der Waals surface area contributed by atoms with Gasteiger partial charge in [-0.05, 0) is 18.2 Å². The predicted octanol–water partition coefficient (Wildman–Crippen LogP) is 0.0708. The monoisotopic (exact) mass is 292 g/mol. The molecule has 0 saturated heterocycles. The smallest absolute Gasteiger partial charge is 0.262 e. The van der Waals surface area contributed by atoms with E-state index in [0.717, 1.165) is 11.8 Å². The first-order valence-electron chi connectivity index (χ1n) is 5.70. The molecular weight excluding hydrogens is 280 g/mol. The summed E-state index contributed by atoms with van der Waals surface area (Å²) >= 11 is 1.06. The van der Waals surface area contributed by atoms with Crippen molar-refractivity contribution in [3.05, 3.63) is 29.8 Å². The number of aliphatic imine (C=N–C) groups is 1. The second-order valence-electron chi connectivity index (χ2n) is 4.09. The lowest BCUT2D eigenvalue weighted by atomic mass is 10.2.